The second-order valence-corrected chi connectivity index (χ2v) is 7.36. The van der Waals surface area contributed by atoms with Gasteiger partial charge in [-0.3, -0.25) is 4.79 Å². The van der Waals surface area contributed by atoms with Gasteiger partial charge in [0.15, 0.2) is 0 Å². The predicted octanol–water partition coefficient (Wildman–Crippen LogP) is 1.70. The molecule has 0 unspecified atom stereocenters. The van der Waals surface area contributed by atoms with E-state index >= 15 is 0 Å². The molecule has 1 aromatic heterocycles. The number of nitrogens with zero attached hydrogens (tertiary/aromatic N) is 2. The van der Waals surface area contributed by atoms with Gasteiger partial charge in [0, 0.05) is 24.8 Å². The van der Waals surface area contributed by atoms with Crippen molar-refractivity contribution in [2.45, 2.75) is 31.1 Å². The number of aryl methyl sites for hydroxylation is 1. The van der Waals surface area contributed by atoms with Crippen LogP contribution in [0.25, 0.3) is 11.0 Å². The minimum atomic E-state index is -0.525. The standard InChI is InChI=1S/C16H24N4OS/c1-16(2,22-4)14(17)15(21)18-10-9-13-19-11-7-5-6-8-12(11)20(13)3/h5-8,14H,9-10,17H2,1-4H3,(H,18,21)/t14-/m1/s1. The van der Waals surface area contributed by atoms with E-state index in [1.165, 1.54) is 0 Å². The summed E-state index contributed by atoms with van der Waals surface area (Å²) in [6.07, 6.45) is 2.65. The summed E-state index contributed by atoms with van der Waals surface area (Å²) in [6, 6.07) is 7.49. The van der Waals surface area contributed by atoms with Crippen LogP contribution in [-0.4, -0.2) is 39.0 Å². The summed E-state index contributed by atoms with van der Waals surface area (Å²) in [5, 5.41) is 2.91. The molecule has 1 aromatic carbocycles. The third-order valence-corrected chi connectivity index (χ3v) is 5.39. The zero-order chi connectivity index (χ0) is 16.3. The summed E-state index contributed by atoms with van der Waals surface area (Å²) >= 11 is 1.60. The highest BCUT2D eigenvalue weighted by molar-refractivity contribution is 8.00. The van der Waals surface area contributed by atoms with Crippen LogP contribution in [-0.2, 0) is 18.3 Å². The number of benzene rings is 1. The number of thioether (sulfide) groups is 1. The zero-order valence-electron chi connectivity index (χ0n) is 13.6. The number of hydrogen-bond donors (Lipinski definition) is 2. The van der Waals surface area contributed by atoms with Crippen LogP contribution >= 0.6 is 11.8 Å². The normalized spacial score (nSPS) is 13.3. The highest BCUT2D eigenvalue weighted by atomic mass is 32.2. The van der Waals surface area contributed by atoms with Crippen LogP contribution in [0.2, 0.25) is 0 Å². The molecule has 2 aromatic rings. The molecule has 1 atom stereocenters. The average Bonchev–Trinajstić information content (AvgIpc) is 2.83. The quantitative estimate of drug-likeness (QED) is 0.850. The Balaban J connectivity index is 1.95. The second-order valence-electron chi connectivity index (χ2n) is 5.90. The van der Waals surface area contributed by atoms with Crippen molar-refractivity contribution >= 4 is 28.7 Å². The van der Waals surface area contributed by atoms with Crippen LogP contribution in [0.5, 0.6) is 0 Å². The molecule has 0 aliphatic rings. The molecule has 0 bridgehead atoms. The van der Waals surface area contributed by atoms with Crippen molar-refractivity contribution in [2.24, 2.45) is 12.8 Å². The Hall–Kier alpha value is -1.53. The fourth-order valence-corrected chi connectivity index (χ4v) is 2.63. The molecule has 0 fully saturated rings. The molecule has 0 radical (unpaired) electrons. The molecule has 1 amide bonds. The van der Waals surface area contributed by atoms with Crippen molar-refractivity contribution in [2.75, 3.05) is 12.8 Å². The topological polar surface area (TPSA) is 72.9 Å². The van der Waals surface area contributed by atoms with Gasteiger partial charge in [-0.2, -0.15) is 11.8 Å². The van der Waals surface area contributed by atoms with Crippen LogP contribution in [0.4, 0.5) is 0 Å². The van der Waals surface area contributed by atoms with Gasteiger partial charge < -0.3 is 15.6 Å². The van der Waals surface area contributed by atoms with Gasteiger partial charge in [0.05, 0.1) is 17.1 Å². The smallest absolute Gasteiger partial charge is 0.238 e. The maximum absolute atomic E-state index is 12.1. The Morgan fingerprint density at radius 3 is 2.77 bits per heavy atom. The monoisotopic (exact) mass is 320 g/mol. The maximum atomic E-state index is 12.1. The number of hydrogen-bond acceptors (Lipinski definition) is 4. The first-order valence-electron chi connectivity index (χ1n) is 7.35. The number of fused-ring (bicyclic) bond motifs is 1. The molecule has 0 aliphatic carbocycles. The molecule has 22 heavy (non-hydrogen) atoms. The average molecular weight is 320 g/mol. The van der Waals surface area contributed by atoms with Crippen LogP contribution in [0, 0.1) is 0 Å². The number of nitrogens with one attached hydrogen (secondary N) is 1. The summed E-state index contributed by atoms with van der Waals surface area (Å²) < 4.78 is 1.79. The highest BCUT2D eigenvalue weighted by Gasteiger charge is 2.30. The van der Waals surface area contributed by atoms with E-state index in [-0.39, 0.29) is 10.7 Å². The second kappa shape index (κ2) is 6.71. The number of para-hydroxylation sites is 2. The van der Waals surface area contributed by atoms with Gasteiger partial charge in [0.2, 0.25) is 5.91 Å². The molecule has 0 aliphatic heterocycles. The maximum Gasteiger partial charge on any atom is 0.238 e. The van der Waals surface area contributed by atoms with E-state index in [0.717, 1.165) is 16.9 Å². The Labute approximate surface area is 135 Å². The minimum Gasteiger partial charge on any atom is -0.354 e. The Morgan fingerprint density at radius 1 is 1.45 bits per heavy atom. The molecule has 0 saturated carbocycles. The first-order valence-corrected chi connectivity index (χ1v) is 8.58. The summed E-state index contributed by atoms with van der Waals surface area (Å²) in [7, 11) is 2.00. The van der Waals surface area contributed by atoms with E-state index in [9.17, 15) is 4.79 Å². The largest absolute Gasteiger partial charge is 0.354 e. The molecule has 120 valence electrons. The van der Waals surface area contributed by atoms with E-state index in [2.05, 4.69) is 14.9 Å². The highest BCUT2D eigenvalue weighted by Crippen LogP contribution is 2.24. The van der Waals surface area contributed by atoms with E-state index in [4.69, 9.17) is 5.73 Å². The minimum absolute atomic E-state index is 0.113. The molecular formula is C16H24N4OS. The van der Waals surface area contributed by atoms with Crippen molar-refractivity contribution in [1.82, 2.24) is 14.9 Å². The molecule has 2 rings (SSSR count). The van der Waals surface area contributed by atoms with E-state index in [0.29, 0.717) is 13.0 Å². The number of aromatic nitrogens is 2. The first-order chi connectivity index (χ1) is 10.4. The molecule has 0 spiro atoms. The summed E-state index contributed by atoms with van der Waals surface area (Å²) in [6.45, 7) is 4.49. The lowest BCUT2D eigenvalue weighted by molar-refractivity contribution is -0.122. The van der Waals surface area contributed by atoms with Crippen LogP contribution in [0.15, 0.2) is 24.3 Å². The predicted molar refractivity (Wildman–Crippen MR) is 93.0 cm³/mol. The molecule has 5 nitrogen and oxygen atoms in total. The third kappa shape index (κ3) is 3.44. The van der Waals surface area contributed by atoms with Crippen LogP contribution in [0.3, 0.4) is 0 Å². The summed E-state index contributed by atoms with van der Waals surface area (Å²) in [5.74, 6) is 0.845. The van der Waals surface area contributed by atoms with E-state index in [1.54, 1.807) is 11.8 Å². The molecular weight excluding hydrogens is 296 g/mol. The first kappa shape index (κ1) is 16.8. The van der Waals surface area contributed by atoms with Gasteiger partial charge in [0.1, 0.15) is 5.82 Å². The van der Waals surface area contributed by atoms with Crippen molar-refractivity contribution in [3.05, 3.63) is 30.1 Å². The Kier molecular flexibility index (Phi) is 5.13. The Bertz CT molecular complexity index is 665. The van der Waals surface area contributed by atoms with Crippen molar-refractivity contribution in [3.63, 3.8) is 0 Å². The van der Waals surface area contributed by atoms with Crippen LogP contribution < -0.4 is 11.1 Å². The van der Waals surface area contributed by atoms with Gasteiger partial charge >= 0.3 is 0 Å². The lowest BCUT2D eigenvalue weighted by Crippen LogP contribution is -2.52. The van der Waals surface area contributed by atoms with E-state index in [1.807, 2.05) is 51.4 Å². The molecule has 6 heteroatoms. The molecule has 0 saturated heterocycles. The summed E-state index contributed by atoms with van der Waals surface area (Å²) in [4.78, 5) is 16.7. The zero-order valence-corrected chi connectivity index (χ0v) is 14.4. The van der Waals surface area contributed by atoms with Gasteiger partial charge in [-0.25, -0.2) is 4.98 Å². The van der Waals surface area contributed by atoms with Gasteiger partial charge in [-0.15, -0.1) is 0 Å². The number of carbonyl (C=O) groups excluding carboxylic acids is 1. The molecule has 3 N–H and O–H groups in total. The van der Waals surface area contributed by atoms with Gasteiger partial charge in [0.25, 0.3) is 0 Å². The number of amides is 1. The lowest BCUT2D eigenvalue weighted by Gasteiger charge is -2.28. The molecule has 1 heterocycles. The SMILES string of the molecule is CSC(C)(C)[C@H](N)C(=O)NCCc1nc2ccccc2n1C. The third-order valence-electron chi connectivity index (χ3n) is 4.09. The fourth-order valence-electron chi connectivity index (χ4n) is 2.27. The summed E-state index contributed by atoms with van der Waals surface area (Å²) in [5.41, 5.74) is 8.10. The van der Waals surface area contributed by atoms with Gasteiger partial charge in [-0.1, -0.05) is 12.1 Å². The van der Waals surface area contributed by atoms with Crippen molar-refractivity contribution in [3.8, 4) is 0 Å². The van der Waals surface area contributed by atoms with Gasteiger partial charge in [-0.05, 0) is 32.2 Å². The number of rotatable bonds is 6. The van der Waals surface area contributed by atoms with Crippen LogP contribution in [0.1, 0.15) is 19.7 Å². The number of carbonyl (C=O) groups is 1. The van der Waals surface area contributed by atoms with E-state index < -0.39 is 6.04 Å². The number of nitrogens with two attached hydrogens (primary N) is 1. The Morgan fingerprint density at radius 2 is 2.14 bits per heavy atom. The van der Waals surface area contributed by atoms with Crippen molar-refractivity contribution in [1.29, 1.82) is 0 Å². The fraction of sp³-hybridized carbons (Fsp3) is 0.500. The lowest BCUT2D eigenvalue weighted by atomic mass is 10.0. The number of imidazole rings is 1. The van der Waals surface area contributed by atoms with Crippen molar-refractivity contribution < 1.29 is 4.79 Å².